The first-order valence-electron chi connectivity index (χ1n) is 9.56. The van der Waals surface area contributed by atoms with Gasteiger partial charge in [0.25, 0.3) is 11.0 Å². The summed E-state index contributed by atoms with van der Waals surface area (Å²) in [6, 6.07) is 6.40. The number of hydrogen-bond donors (Lipinski definition) is 0. The summed E-state index contributed by atoms with van der Waals surface area (Å²) < 4.78 is 5.36. The van der Waals surface area contributed by atoms with Crippen LogP contribution in [0.2, 0.25) is 0 Å². The van der Waals surface area contributed by atoms with Gasteiger partial charge in [0, 0.05) is 18.6 Å². The van der Waals surface area contributed by atoms with Gasteiger partial charge in [0.05, 0.1) is 0 Å². The van der Waals surface area contributed by atoms with Crippen LogP contribution in [0.4, 0.5) is 0 Å². The third kappa shape index (κ3) is 3.60. The van der Waals surface area contributed by atoms with E-state index in [2.05, 4.69) is 0 Å². The van der Waals surface area contributed by atoms with Crippen LogP contribution < -0.4 is 0 Å². The Kier molecular flexibility index (Phi) is 5.33. The van der Waals surface area contributed by atoms with Crippen molar-refractivity contribution in [2.24, 2.45) is 0 Å². The lowest BCUT2D eigenvalue weighted by atomic mass is 9.90. The predicted octanol–water partition coefficient (Wildman–Crippen LogP) is 0.498. The maximum atomic E-state index is 13.0. The van der Waals surface area contributed by atoms with Crippen LogP contribution in [0.25, 0.3) is 0 Å². The summed E-state index contributed by atoms with van der Waals surface area (Å²) in [4.78, 5) is 68.2. The number of hydrogen-bond acceptors (Lipinski definition) is 9. The Hall–Kier alpha value is -3.15. The molecule has 3 fully saturated rings. The smallest absolute Gasteiger partial charge is 0.331 e. The summed E-state index contributed by atoms with van der Waals surface area (Å²) in [5, 5.41) is 9.38. The van der Waals surface area contributed by atoms with Crippen LogP contribution in [0, 0.1) is 10.1 Å². The average Bonchev–Trinajstić information content (AvgIpc) is 3.05. The second-order valence-corrected chi connectivity index (χ2v) is 8.78. The van der Waals surface area contributed by atoms with Gasteiger partial charge in [-0.05, 0) is 12.5 Å². The molecular weight excluding hydrogens is 430 g/mol. The largest absolute Gasteiger partial charge is 0.459 e. The van der Waals surface area contributed by atoms with Crippen molar-refractivity contribution in [3.8, 4) is 0 Å². The zero-order valence-electron chi connectivity index (χ0n) is 16.5. The van der Waals surface area contributed by atoms with Crippen LogP contribution >= 0.6 is 11.8 Å². The molecule has 31 heavy (non-hydrogen) atoms. The summed E-state index contributed by atoms with van der Waals surface area (Å²) in [5.74, 6) is -2.39. The second kappa shape index (κ2) is 7.84. The summed E-state index contributed by atoms with van der Waals surface area (Å²) in [6.07, 6.45) is 0.0649. The third-order valence-corrected chi connectivity index (χ3v) is 7.11. The van der Waals surface area contributed by atoms with Crippen LogP contribution in [0.5, 0.6) is 0 Å². The molecular formula is C19H19N3O8S. The lowest BCUT2D eigenvalue weighted by Gasteiger charge is -2.57. The number of likely N-dealkylation sites (tertiary alicyclic amines) is 1. The van der Waals surface area contributed by atoms with Crippen molar-refractivity contribution in [2.45, 2.75) is 49.4 Å². The molecule has 0 aliphatic carbocycles. The Morgan fingerprint density at radius 3 is 2.48 bits per heavy atom. The van der Waals surface area contributed by atoms with Crippen molar-refractivity contribution in [2.75, 3.05) is 5.75 Å². The number of imide groups is 1. The van der Waals surface area contributed by atoms with E-state index in [9.17, 15) is 29.3 Å². The number of nitrogens with zero attached hydrogens (tertiary/aromatic N) is 3. The molecule has 3 saturated heterocycles. The molecule has 4 atom stereocenters. The number of rotatable bonds is 6. The van der Waals surface area contributed by atoms with E-state index in [0.29, 0.717) is 5.56 Å². The molecule has 0 radical (unpaired) electrons. The molecule has 3 amide bonds. The average molecular weight is 449 g/mol. The molecule has 4 rings (SSSR count). The Morgan fingerprint density at radius 2 is 1.87 bits per heavy atom. The number of ether oxygens (including phenoxy) is 1. The van der Waals surface area contributed by atoms with Gasteiger partial charge in [-0.2, -0.15) is 0 Å². The van der Waals surface area contributed by atoms with E-state index in [4.69, 9.17) is 9.57 Å². The molecule has 2 unspecified atom stereocenters. The molecule has 1 aromatic rings. The number of thioether (sulfide) groups is 1. The summed E-state index contributed by atoms with van der Waals surface area (Å²) in [5.41, 5.74) is -0.950. The standard InChI is InChI=1S/C19H19N3O8S/c1-19(30-22(27)28)10-31-17-14(20-12(23)7-8-13(20)24)16(25)21(17)15(19)18(26)29-9-11-5-3-2-4-6-11/h2-6,14-15,17H,7-10H2,1H3/t14?,15?,17-,19+/m0/s1. The highest BCUT2D eigenvalue weighted by molar-refractivity contribution is 8.00. The maximum Gasteiger partial charge on any atom is 0.331 e. The van der Waals surface area contributed by atoms with E-state index in [1.54, 1.807) is 30.3 Å². The van der Waals surface area contributed by atoms with Gasteiger partial charge in [-0.15, -0.1) is 21.9 Å². The van der Waals surface area contributed by atoms with Gasteiger partial charge in [0.1, 0.15) is 18.0 Å². The van der Waals surface area contributed by atoms with E-state index >= 15 is 0 Å². The molecule has 11 nitrogen and oxygen atoms in total. The van der Waals surface area contributed by atoms with Crippen molar-refractivity contribution in [1.29, 1.82) is 0 Å². The van der Waals surface area contributed by atoms with Crippen molar-refractivity contribution in [3.05, 3.63) is 46.0 Å². The van der Waals surface area contributed by atoms with E-state index < -0.39 is 51.8 Å². The zero-order chi connectivity index (χ0) is 22.3. The Balaban J connectivity index is 1.58. The summed E-state index contributed by atoms with van der Waals surface area (Å²) in [7, 11) is 0. The highest BCUT2D eigenvalue weighted by Crippen LogP contribution is 2.46. The van der Waals surface area contributed by atoms with E-state index in [1.165, 1.54) is 6.92 Å². The van der Waals surface area contributed by atoms with Crippen molar-refractivity contribution >= 4 is 35.5 Å². The fourth-order valence-electron chi connectivity index (χ4n) is 4.10. The highest BCUT2D eigenvalue weighted by atomic mass is 32.2. The van der Waals surface area contributed by atoms with Crippen molar-refractivity contribution < 1.29 is 33.8 Å². The maximum absolute atomic E-state index is 13.0. The first-order chi connectivity index (χ1) is 14.7. The molecule has 0 spiro atoms. The van der Waals surface area contributed by atoms with Gasteiger partial charge in [-0.3, -0.25) is 19.3 Å². The molecule has 164 valence electrons. The molecule has 0 N–H and O–H groups in total. The minimum absolute atomic E-state index is 0.0136. The SMILES string of the molecule is C[C@@]1(O[N+](=O)[O-])CS[C@H]2C(N3C(=O)CCC3=O)C(=O)N2C1C(=O)OCc1ccccc1. The predicted molar refractivity (Wildman–Crippen MR) is 104 cm³/mol. The normalized spacial score (nSPS) is 30.0. The molecule has 0 aromatic heterocycles. The second-order valence-electron chi connectivity index (χ2n) is 7.67. The fourth-order valence-corrected chi connectivity index (χ4v) is 5.62. The van der Waals surface area contributed by atoms with Crippen molar-refractivity contribution in [1.82, 2.24) is 9.80 Å². The van der Waals surface area contributed by atoms with Gasteiger partial charge in [0.2, 0.25) is 11.8 Å². The van der Waals surface area contributed by atoms with Crippen molar-refractivity contribution in [3.63, 3.8) is 0 Å². The monoisotopic (exact) mass is 449 g/mol. The van der Waals surface area contributed by atoms with Crippen LogP contribution in [-0.4, -0.2) is 67.4 Å². The van der Waals surface area contributed by atoms with Crippen LogP contribution in [-0.2, 0) is 35.4 Å². The minimum atomic E-state index is -1.65. The highest BCUT2D eigenvalue weighted by Gasteiger charge is 2.66. The molecule has 0 bridgehead atoms. The Morgan fingerprint density at radius 1 is 1.23 bits per heavy atom. The number of carbonyl (C=O) groups is 4. The molecule has 3 aliphatic rings. The molecule has 0 saturated carbocycles. The van der Waals surface area contributed by atoms with Crippen LogP contribution in [0.3, 0.4) is 0 Å². The lowest BCUT2D eigenvalue weighted by molar-refractivity contribution is -0.779. The van der Waals surface area contributed by atoms with Gasteiger partial charge in [-0.1, -0.05) is 30.3 Å². The number of β-lactam (4-membered cyclic amide) rings is 1. The van der Waals surface area contributed by atoms with Gasteiger partial charge in [-0.25, -0.2) is 4.79 Å². The topological polar surface area (TPSA) is 136 Å². The zero-order valence-corrected chi connectivity index (χ0v) is 17.3. The fraction of sp³-hybridized carbons (Fsp3) is 0.474. The van der Waals surface area contributed by atoms with Gasteiger partial charge < -0.3 is 14.5 Å². The van der Waals surface area contributed by atoms with Crippen LogP contribution in [0.1, 0.15) is 25.3 Å². The van der Waals surface area contributed by atoms with Crippen LogP contribution in [0.15, 0.2) is 30.3 Å². The molecule has 12 heteroatoms. The van der Waals surface area contributed by atoms with E-state index in [1.807, 2.05) is 0 Å². The third-order valence-electron chi connectivity index (χ3n) is 5.55. The first-order valence-corrected chi connectivity index (χ1v) is 10.6. The van der Waals surface area contributed by atoms with E-state index in [0.717, 1.165) is 21.6 Å². The van der Waals surface area contributed by atoms with Gasteiger partial charge in [0.15, 0.2) is 11.6 Å². The summed E-state index contributed by atoms with van der Waals surface area (Å²) >= 11 is 1.12. The quantitative estimate of drug-likeness (QED) is 0.200. The number of benzene rings is 1. The summed E-state index contributed by atoms with van der Waals surface area (Å²) in [6.45, 7) is 1.28. The van der Waals surface area contributed by atoms with Gasteiger partial charge >= 0.3 is 5.97 Å². The number of esters is 1. The minimum Gasteiger partial charge on any atom is -0.459 e. The number of amides is 3. The molecule has 3 aliphatic heterocycles. The Bertz CT molecular complexity index is 941. The molecule has 1 aromatic carbocycles. The van der Waals surface area contributed by atoms with E-state index in [-0.39, 0.29) is 25.2 Å². The number of carbonyl (C=O) groups excluding carboxylic acids is 4. The first kappa shape index (κ1) is 21.1. The number of fused-ring (bicyclic) bond motifs is 1. The lowest BCUT2D eigenvalue weighted by Crippen LogP contribution is -2.79. The molecule has 3 heterocycles. The Labute approximate surface area is 180 Å².